The van der Waals surface area contributed by atoms with Crippen molar-refractivity contribution < 1.29 is 8.85 Å². The van der Waals surface area contributed by atoms with E-state index in [4.69, 9.17) is 8.85 Å². The van der Waals surface area contributed by atoms with Gasteiger partial charge in [0.2, 0.25) is 0 Å². The molecule has 38 heavy (non-hydrogen) atoms. The van der Waals surface area contributed by atoms with Crippen LogP contribution in [0.25, 0.3) is 0 Å². The second-order valence-electron chi connectivity index (χ2n) is 13.9. The molecule has 2 aromatic rings. The van der Waals surface area contributed by atoms with E-state index in [0.29, 0.717) is 5.92 Å². The molecule has 0 aromatic heterocycles. The number of nitrogens with one attached hydrogen (secondary N) is 2. The first-order valence-electron chi connectivity index (χ1n) is 14.7. The third-order valence-electron chi connectivity index (χ3n) is 8.42. The lowest BCUT2D eigenvalue weighted by Crippen LogP contribution is -2.51. The fourth-order valence-electron chi connectivity index (χ4n) is 6.49. The fourth-order valence-corrected chi connectivity index (χ4v) is 17.0. The molecule has 212 valence electrons. The molecule has 0 radical (unpaired) electrons. The summed E-state index contributed by atoms with van der Waals surface area (Å²) in [6, 6.07) is 24.1. The molecule has 1 aliphatic rings. The largest absolute Gasteiger partial charge is 0.418 e. The highest BCUT2D eigenvalue weighted by Gasteiger charge is 2.52. The van der Waals surface area contributed by atoms with Crippen molar-refractivity contribution in [2.45, 2.75) is 95.3 Å². The first kappa shape index (κ1) is 31.4. The lowest BCUT2D eigenvalue weighted by Gasteiger charge is -2.42. The van der Waals surface area contributed by atoms with E-state index in [2.05, 4.69) is 130 Å². The van der Waals surface area contributed by atoms with E-state index >= 15 is 0 Å². The van der Waals surface area contributed by atoms with Crippen LogP contribution in [-0.4, -0.2) is 46.3 Å². The molecule has 4 nitrogen and oxygen atoms in total. The molecule has 1 saturated carbocycles. The average Bonchev–Trinajstić information content (AvgIpc) is 3.21. The van der Waals surface area contributed by atoms with Crippen LogP contribution >= 0.6 is 0 Å². The van der Waals surface area contributed by atoms with Crippen LogP contribution in [-0.2, 0) is 8.85 Å². The summed E-state index contributed by atoms with van der Waals surface area (Å²) in [7, 11) is -6.84. The number of rotatable bonds is 14. The number of para-hydroxylation sites is 2. The van der Waals surface area contributed by atoms with E-state index in [0.717, 1.165) is 36.4 Å². The van der Waals surface area contributed by atoms with E-state index < -0.39 is 33.1 Å². The Morgan fingerprint density at radius 2 is 0.947 bits per heavy atom. The van der Waals surface area contributed by atoms with Crippen molar-refractivity contribution in [2.75, 3.05) is 23.2 Å². The summed E-state index contributed by atoms with van der Waals surface area (Å²) >= 11 is 0. The van der Waals surface area contributed by atoms with Gasteiger partial charge < -0.3 is 18.8 Å². The third kappa shape index (κ3) is 9.20. The Labute approximate surface area is 237 Å². The maximum atomic E-state index is 6.43. The maximum absolute atomic E-state index is 6.43. The molecule has 2 N–H and O–H groups in total. The van der Waals surface area contributed by atoms with Crippen LogP contribution in [0.4, 0.5) is 11.4 Å². The Bertz CT molecular complexity index is 904. The summed E-state index contributed by atoms with van der Waals surface area (Å²) in [6.45, 7) is 23.3. The normalized spacial score (nSPS) is 23.4. The first-order valence-corrected chi connectivity index (χ1v) is 27.0. The smallest absolute Gasteiger partial charge is 0.183 e. The van der Waals surface area contributed by atoms with Crippen LogP contribution in [0.2, 0.25) is 75.5 Å². The van der Waals surface area contributed by atoms with E-state index in [-0.39, 0.29) is 0 Å². The minimum Gasteiger partial charge on any atom is -0.418 e. The summed E-state index contributed by atoms with van der Waals surface area (Å²) in [4.78, 5) is 8.30. The number of hydrogen-bond donors (Lipinski definition) is 2. The summed E-state index contributed by atoms with van der Waals surface area (Å²) in [6.07, 6.45) is 2.63. The van der Waals surface area contributed by atoms with Gasteiger partial charge in [-0.25, -0.2) is 0 Å². The number of anilines is 2. The molecule has 3 rings (SSSR count). The van der Waals surface area contributed by atoms with Crippen molar-refractivity contribution in [1.29, 1.82) is 0 Å². The summed E-state index contributed by atoms with van der Waals surface area (Å²) < 4.78 is 12.9. The van der Waals surface area contributed by atoms with Crippen LogP contribution in [0.3, 0.4) is 0 Å². The monoisotopic (exact) mass is 586 g/mol. The zero-order chi connectivity index (χ0) is 28.0. The highest BCUT2D eigenvalue weighted by molar-refractivity contribution is 6.85. The van der Waals surface area contributed by atoms with Crippen molar-refractivity contribution in [3.8, 4) is 0 Å². The van der Waals surface area contributed by atoms with Gasteiger partial charge in [0.25, 0.3) is 0 Å². The van der Waals surface area contributed by atoms with Gasteiger partial charge in [-0.2, -0.15) is 0 Å². The predicted molar refractivity (Wildman–Crippen MR) is 177 cm³/mol. The Balaban J connectivity index is 1.85. The second-order valence-corrected chi connectivity index (χ2v) is 31.6. The van der Waals surface area contributed by atoms with E-state index in [1.54, 1.807) is 0 Å². The van der Waals surface area contributed by atoms with Crippen LogP contribution < -0.4 is 9.96 Å². The highest BCUT2D eigenvalue weighted by atomic mass is 28.4. The standard InChI is InChI=1S/C30H54N2O2Si4/c1-26-29(37(8,24-22-33-35(2,3)4)31-27-16-12-10-13-17-27)20-21-30(26)38(9,25-23-34-36(5,6)7)32-28-18-14-11-15-19-28/h10-19,26,29-32H,20-25H2,1-9H3. The van der Waals surface area contributed by atoms with E-state index in [1.807, 2.05) is 0 Å². The Kier molecular flexibility index (Phi) is 10.7. The molecular formula is C30H54N2O2Si4. The molecule has 4 atom stereocenters. The van der Waals surface area contributed by atoms with Crippen LogP contribution in [0.1, 0.15) is 19.8 Å². The number of benzene rings is 2. The minimum atomic E-state index is -1.88. The van der Waals surface area contributed by atoms with Crippen molar-refractivity contribution >= 4 is 44.5 Å². The summed E-state index contributed by atoms with van der Waals surface area (Å²) in [5, 5.41) is 0. The molecule has 1 aliphatic carbocycles. The molecule has 1 fully saturated rings. The fraction of sp³-hybridized carbons (Fsp3) is 0.600. The van der Waals surface area contributed by atoms with Gasteiger partial charge >= 0.3 is 0 Å². The molecule has 0 bridgehead atoms. The molecule has 4 unspecified atom stereocenters. The van der Waals surface area contributed by atoms with E-state index in [1.165, 1.54) is 24.2 Å². The number of hydrogen-bond acceptors (Lipinski definition) is 4. The zero-order valence-electron chi connectivity index (χ0n) is 25.6. The molecular weight excluding hydrogens is 533 g/mol. The molecule has 0 aliphatic heterocycles. The summed E-state index contributed by atoms with van der Waals surface area (Å²) in [5.74, 6) is 0.675. The van der Waals surface area contributed by atoms with Crippen molar-refractivity contribution in [3.63, 3.8) is 0 Å². The minimum absolute atomic E-state index is 0.675. The highest BCUT2D eigenvalue weighted by Crippen LogP contribution is 2.55. The van der Waals surface area contributed by atoms with Gasteiger partial charge in [-0.15, -0.1) is 0 Å². The Morgan fingerprint density at radius 3 is 1.26 bits per heavy atom. The zero-order valence-corrected chi connectivity index (χ0v) is 29.6. The second kappa shape index (κ2) is 13.0. The van der Waals surface area contributed by atoms with Crippen LogP contribution in [0, 0.1) is 5.92 Å². The third-order valence-corrected chi connectivity index (χ3v) is 19.7. The van der Waals surface area contributed by atoms with Crippen LogP contribution in [0.5, 0.6) is 0 Å². The average molecular weight is 587 g/mol. The van der Waals surface area contributed by atoms with Crippen molar-refractivity contribution in [1.82, 2.24) is 0 Å². The molecule has 0 saturated heterocycles. The topological polar surface area (TPSA) is 42.5 Å². The Morgan fingerprint density at radius 1 is 0.605 bits per heavy atom. The Hall–Kier alpha value is -1.17. The van der Waals surface area contributed by atoms with E-state index in [9.17, 15) is 0 Å². The molecule has 0 spiro atoms. The van der Waals surface area contributed by atoms with Gasteiger partial charge in [-0.05, 0) is 92.6 Å². The van der Waals surface area contributed by atoms with Gasteiger partial charge in [0.15, 0.2) is 33.1 Å². The van der Waals surface area contributed by atoms with Crippen LogP contribution in [0.15, 0.2) is 60.7 Å². The first-order chi connectivity index (χ1) is 17.7. The van der Waals surface area contributed by atoms with Gasteiger partial charge in [0.1, 0.15) is 0 Å². The lowest BCUT2D eigenvalue weighted by molar-refractivity contribution is 0.330. The maximum Gasteiger partial charge on any atom is 0.183 e. The van der Waals surface area contributed by atoms with Crippen molar-refractivity contribution in [2.24, 2.45) is 5.92 Å². The van der Waals surface area contributed by atoms with Gasteiger partial charge in [0, 0.05) is 24.6 Å². The molecule has 8 heteroatoms. The molecule has 2 aromatic carbocycles. The molecule has 0 heterocycles. The summed E-state index contributed by atoms with van der Waals surface area (Å²) in [5.41, 5.74) is 3.99. The van der Waals surface area contributed by atoms with Gasteiger partial charge in [0.05, 0.1) is 0 Å². The molecule has 0 amide bonds. The van der Waals surface area contributed by atoms with Gasteiger partial charge in [-0.1, -0.05) is 69.3 Å². The SMILES string of the molecule is CC1C([Si](C)(CCO[Si](C)(C)C)Nc2ccccc2)CCC1[Si](C)(CCO[Si](C)(C)C)Nc1ccccc1. The quantitative estimate of drug-likeness (QED) is 0.217. The van der Waals surface area contributed by atoms with Gasteiger partial charge in [-0.3, -0.25) is 0 Å². The lowest BCUT2D eigenvalue weighted by atomic mass is 10.1. The van der Waals surface area contributed by atoms with Crippen molar-refractivity contribution in [3.05, 3.63) is 60.7 Å². The predicted octanol–water partition coefficient (Wildman–Crippen LogP) is 9.23.